The van der Waals surface area contributed by atoms with Gasteiger partial charge in [0.15, 0.2) is 0 Å². The average molecular weight is 565 g/mol. The van der Waals surface area contributed by atoms with Crippen LogP contribution < -0.4 is 11.1 Å². The number of hydrogen-bond acceptors (Lipinski definition) is 9. The summed E-state index contributed by atoms with van der Waals surface area (Å²) >= 11 is 1.98. The summed E-state index contributed by atoms with van der Waals surface area (Å²) < 4.78 is 2.68. The molecule has 0 atom stereocenters. The topological polar surface area (TPSA) is 125 Å². The molecule has 2 N–H and O–H groups in total. The Morgan fingerprint density at radius 2 is 1.11 bits per heavy atom. The third-order valence-corrected chi connectivity index (χ3v) is 13.9. The summed E-state index contributed by atoms with van der Waals surface area (Å²) in [4.78, 5) is 53.2. The molecule has 3 aliphatic heterocycles. The summed E-state index contributed by atoms with van der Waals surface area (Å²) in [5.41, 5.74) is -0.802. The van der Waals surface area contributed by atoms with Gasteiger partial charge in [-0.05, 0) is 37.8 Å². The number of likely N-dealkylation sites (tertiary alicyclic amines) is 2. The van der Waals surface area contributed by atoms with Crippen molar-refractivity contribution in [2.45, 2.75) is 46.9 Å². The van der Waals surface area contributed by atoms with Gasteiger partial charge in [-0.25, -0.2) is 0 Å². The van der Waals surface area contributed by atoms with Crippen molar-refractivity contribution in [3.63, 3.8) is 0 Å². The summed E-state index contributed by atoms with van der Waals surface area (Å²) in [6.45, 7) is 2.46. The van der Waals surface area contributed by atoms with Gasteiger partial charge in [-0.3, -0.25) is 19.2 Å². The normalized spacial score (nSPS) is 20.4. The highest BCUT2D eigenvalue weighted by Crippen LogP contribution is 2.70. The molecule has 2 spiro atoms. The fraction of sp³-hybridized carbons (Fsp3) is 0.500. The summed E-state index contributed by atoms with van der Waals surface area (Å²) in [6, 6.07) is 5.00. The molecule has 2 aromatic heterocycles. The predicted molar refractivity (Wildman–Crippen MR) is 145 cm³/mol. The van der Waals surface area contributed by atoms with Crippen LogP contribution in [0.5, 0.6) is 11.5 Å². The first kappa shape index (κ1) is 26.1. The maximum Gasteiger partial charge on any atom is 0.254 e. The third kappa shape index (κ3) is 5.68. The zero-order chi connectivity index (χ0) is 26.2. The van der Waals surface area contributed by atoms with Gasteiger partial charge in [0, 0.05) is 50.7 Å². The van der Waals surface area contributed by atoms with Gasteiger partial charge in [-0.15, -0.1) is 11.8 Å². The second kappa shape index (κ2) is 10.3. The molecule has 5 heterocycles. The number of carbonyl (C=O) groups is 2. The van der Waals surface area contributed by atoms with Crippen LogP contribution in [0.25, 0.3) is 0 Å². The average Bonchev–Trinajstić information content (AvgIpc) is 3.20. The van der Waals surface area contributed by atoms with Crippen molar-refractivity contribution >= 4 is 45.2 Å². The monoisotopic (exact) mass is 564 g/mol. The Bertz CT molecular complexity index is 1210. The maximum absolute atomic E-state index is 12.8. The van der Waals surface area contributed by atoms with Crippen LogP contribution in [0.3, 0.4) is 0 Å². The molecule has 0 saturated carbocycles. The Hall–Kier alpha value is -2.51. The van der Waals surface area contributed by atoms with E-state index in [0.717, 1.165) is 37.8 Å². The third-order valence-electron chi connectivity index (χ3n) is 7.04. The molecule has 0 unspecified atom stereocenters. The molecule has 0 bridgehead atoms. The first-order valence-corrected chi connectivity index (χ1v) is 15.0. The Balaban J connectivity index is 1.12. The van der Waals surface area contributed by atoms with E-state index in [4.69, 9.17) is 0 Å². The van der Waals surface area contributed by atoms with Crippen LogP contribution in [0.15, 0.2) is 46.2 Å². The van der Waals surface area contributed by atoms with Crippen LogP contribution in [0.1, 0.15) is 25.7 Å². The van der Waals surface area contributed by atoms with E-state index in [0.29, 0.717) is 26.2 Å². The molecule has 37 heavy (non-hydrogen) atoms. The quantitative estimate of drug-likeness (QED) is 0.536. The lowest BCUT2D eigenvalue weighted by atomic mass is 10.1. The number of aromatic hydroxyl groups is 2. The van der Waals surface area contributed by atoms with E-state index in [1.807, 2.05) is 43.1 Å². The summed E-state index contributed by atoms with van der Waals surface area (Å²) in [5.74, 6) is -0.424. The SMILES string of the molecule is O=C(Cn1ccc(O)cc1=O)N1CCC2(CC1)SSC1(CCN(C(=O)Cn3ccc(O)cc3=O)CC1)S2. The summed E-state index contributed by atoms with van der Waals surface area (Å²) in [7, 11) is 3.79. The van der Waals surface area contributed by atoms with Crippen LogP contribution >= 0.6 is 33.3 Å². The van der Waals surface area contributed by atoms with Gasteiger partial charge in [0.2, 0.25) is 11.8 Å². The lowest BCUT2D eigenvalue weighted by Gasteiger charge is -2.41. The number of piperidine rings is 2. The number of pyridine rings is 2. The van der Waals surface area contributed by atoms with Crippen LogP contribution in [0.2, 0.25) is 0 Å². The molecular formula is C24H28N4O6S3. The molecule has 0 aliphatic carbocycles. The van der Waals surface area contributed by atoms with E-state index < -0.39 is 11.1 Å². The lowest BCUT2D eigenvalue weighted by Crippen LogP contribution is -2.47. The van der Waals surface area contributed by atoms with Crippen molar-refractivity contribution in [1.82, 2.24) is 18.9 Å². The number of hydrogen-bond donors (Lipinski definition) is 2. The van der Waals surface area contributed by atoms with Crippen LogP contribution in [-0.2, 0) is 22.7 Å². The van der Waals surface area contributed by atoms with E-state index >= 15 is 0 Å². The van der Waals surface area contributed by atoms with Crippen molar-refractivity contribution in [2.75, 3.05) is 26.2 Å². The Morgan fingerprint density at radius 1 is 0.730 bits per heavy atom. The van der Waals surface area contributed by atoms with Crippen molar-refractivity contribution in [1.29, 1.82) is 0 Å². The van der Waals surface area contributed by atoms with Gasteiger partial charge < -0.3 is 29.1 Å². The number of aromatic nitrogens is 2. The van der Waals surface area contributed by atoms with E-state index in [1.54, 1.807) is 0 Å². The minimum atomic E-state index is -0.401. The van der Waals surface area contributed by atoms with Crippen LogP contribution in [0.4, 0.5) is 0 Å². The van der Waals surface area contributed by atoms with E-state index in [2.05, 4.69) is 0 Å². The first-order valence-electron chi connectivity index (χ1n) is 12.1. The number of rotatable bonds is 4. The predicted octanol–water partition coefficient (Wildman–Crippen LogP) is 1.89. The molecule has 3 fully saturated rings. The number of amides is 2. The summed E-state index contributed by atoms with van der Waals surface area (Å²) in [5, 5.41) is 18.8. The van der Waals surface area contributed by atoms with Gasteiger partial charge in [0.05, 0.1) is 8.16 Å². The largest absolute Gasteiger partial charge is 0.508 e. The maximum atomic E-state index is 12.8. The van der Waals surface area contributed by atoms with Crippen molar-refractivity contribution in [3.8, 4) is 11.5 Å². The van der Waals surface area contributed by atoms with Crippen LogP contribution in [0, 0.1) is 0 Å². The minimum absolute atomic E-state index is 0.0301. The molecule has 3 saturated heterocycles. The number of thioether (sulfide) groups is 1. The molecule has 2 amide bonds. The van der Waals surface area contributed by atoms with E-state index in [9.17, 15) is 29.4 Å². The van der Waals surface area contributed by atoms with Gasteiger partial charge in [-0.2, -0.15) is 0 Å². The highest BCUT2D eigenvalue weighted by Gasteiger charge is 2.53. The standard InChI is InChI=1S/C24H28N4O6S3/c29-17-1-7-27(19(31)13-17)15-21(33)25-9-3-23(4-10-25)35-24(37-36-23)5-11-26(12-6-24)22(34)16-28-8-2-18(30)14-20(28)32/h1-2,7-8,13-14,29-30H,3-6,9-12,15-16H2. The van der Waals surface area contributed by atoms with Crippen LogP contribution in [-0.4, -0.2) is 75.3 Å². The molecule has 0 aromatic carbocycles. The fourth-order valence-corrected chi connectivity index (χ4v) is 11.8. The minimum Gasteiger partial charge on any atom is -0.508 e. The first-order chi connectivity index (χ1) is 17.7. The Labute approximate surface area is 225 Å². The van der Waals surface area contributed by atoms with Crippen molar-refractivity contribution < 1.29 is 19.8 Å². The highest BCUT2D eigenvalue weighted by molar-refractivity contribution is 8.83. The van der Waals surface area contributed by atoms with Crippen molar-refractivity contribution in [3.05, 3.63) is 57.4 Å². The van der Waals surface area contributed by atoms with Gasteiger partial charge >= 0.3 is 0 Å². The fourth-order valence-electron chi connectivity index (χ4n) is 4.84. The second-order valence-electron chi connectivity index (χ2n) is 9.55. The molecule has 10 nitrogen and oxygen atoms in total. The van der Waals surface area contributed by atoms with E-state index in [-0.39, 0.29) is 44.6 Å². The molecule has 0 radical (unpaired) electrons. The molecular weight excluding hydrogens is 536 g/mol. The zero-order valence-electron chi connectivity index (χ0n) is 20.1. The number of carbonyl (C=O) groups excluding carboxylic acids is 2. The van der Waals surface area contributed by atoms with Crippen molar-refractivity contribution in [2.24, 2.45) is 0 Å². The summed E-state index contributed by atoms with van der Waals surface area (Å²) in [6.07, 6.45) is 6.31. The Kier molecular flexibility index (Phi) is 7.29. The molecule has 5 rings (SSSR count). The molecule has 2 aromatic rings. The lowest BCUT2D eigenvalue weighted by molar-refractivity contribution is -0.133. The smallest absolute Gasteiger partial charge is 0.254 e. The van der Waals surface area contributed by atoms with E-state index in [1.165, 1.54) is 33.7 Å². The zero-order valence-corrected chi connectivity index (χ0v) is 22.5. The highest BCUT2D eigenvalue weighted by atomic mass is 33.1. The second-order valence-corrected chi connectivity index (χ2v) is 14.7. The Morgan fingerprint density at radius 3 is 1.46 bits per heavy atom. The van der Waals surface area contributed by atoms with Gasteiger partial charge in [0.25, 0.3) is 11.1 Å². The van der Waals surface area contributed by atoms with Gasteiger partial charge in [0.1, 0.15) is 24.6 Å². The molecule has 13 heteroatoms. The molecule has 198 valence electrons. The molecule has 3 aliphatic rings. The van der Waals surface area contributed by atoms with Gasteiger partial charge in [-0.1, -0.05) is 21.6 Å². The number of nitrogens with zero attached hydrogens (tertiary/aromatic N) is 4.